The van der Waals surface area contributed by atoms with Crippen molar-refractivity contribution in [1.82, 2.24) is 0 Å². The summed E-state index contributed by atoms with van der Waals surface area (Å²) in [5, 5.41) is -1.53. The van der Waals surface area contributed by atoms with Crippen LogP contribution in [0.2, 0.25) is 0 Å². The monoisotopic (exact) mass is 282 g/mol. The van der Waals surface area contributed by atoms with Gasteiger partial charge in [0, 0.05) is 4.90 Å². The molecule has 100 valence electrons. The Morgan fingerprint density at radius 3 is 2.05 bits per heavy atom. The van der Waals surface area contributed by atoms with Crippen LogP contribution in [0, 0.1) is 6.92 Å². The molecule has 4 heteroatoms. The van der Waals surface area contributed by atoms with Crippen molar-refractivity contribution < 1.29 is 13.2 Å². The number of benzene rings is 2. The number of rotatable bonds is 3. The molecule has 2 aromatic rings. The number of halogens is 3. The van der Waals surface area contributed by atoms with Gasteiger partial charge in [-0.05, 0) is 30.2 Å². The van der Waals surface area contributed by atoms with Crippen LogP contribution >= 0.6 is 11.8 Å². The predicted molar refractivity (Wildman–Crippen MR) is 72.3 cm³/mol. The zero-order valence-electron chi connectivity index (χ0n) is 10.3. The van der Waals surface area contributed by atoms with Crippen molar-refractivity contribution >= 4 is 11.8 Å². The molecule has 0 aromatic heterocycles. The van der Waals surface area contributed by atoms with Gasteiger partial charge in [-0.15, -0.1) is 11.8 Å². The summed E-state index contributed by atoms with van der Waals surface area (Å²) in [5.74, 6) is 0. The molecule has 0 spiro atoms. The van der Waals surface area contributed by atoms with Gasteiger partial charge in [-0.1, -0.05) is 42.5 Å². The van der Waals surface area contributed by atoms with Gasteiger partial charge in [0.1, 0.15) is 5.25 Å². The number of hydrogen-bond acceptors (Lipinski definition) is 1. The highest BCUT2D eigenvalue weighted by molar-refractivity contribution is 7.99. The molecule has 0 nitrogen and oxygen atoms in total. The Morgan fingerprint density at radius 1 is 0.895 bits per heavy atom. The second kappa shape index (κ2) is 5.70. The Morgan fingerprint density at radius 2 is 1.47 bits per heavy atom. The van der Waals surface area contributed by atoms with Crippen molar-refractivity contribution in [1.29, 1.82) is 0 Å². The minimum atomic E-state index is -4.27. The van der Waals surface area contributed by atoms with Crippen molar-refractivity contribution in [3.05, 3.63) is 65.7 Å². The van der Waals surface area contributed by atoms with E-state index in [9.17, 15) is 13.2 Å². The van der Waals surface area contributed by atoms with Gasteiger partial charge in [-0.25, -0.2) is 0 Å². The highest BCUT2D eigenvalue weighted by Crippen LogP contribution is 2.47. The van der Waals surface area contributed by atoms with Crippen LogP contribution in [0.3, 0.4) is 0 Å². The quantitative estimate of drug-likeness (QED) is 0.680. The fourth-order valence-corrected chi connectivity index (χ4v) is 2.93. The molecule has 0 N–H and O–H groups in total. The lowest BCUT2D eigenvalue weighted by molar-refractivity contribution is -0.129. The van der Waals surface area contributed by atoms with Crippen molar-refractivity contribution in [2.24, 2.45) is 0 Å². The number of hydrogen-bond donors (Lipinski definition) is 0. The summed E-state index contributed by atoms with van der Waals surface area (Å²) in [4.78, 5) is 0.619. The molecule has 0 saturated carbocycles. The van der Waals surface area contributed by atoms with Gasteiger partial charge in [-0.3, -0.25) is 0 Å². The molecule has 0 aliphatic carbocycles. The van der Waals surface area contributed by atoms with E-state index in [2.05, 4.69) is 0 Å². The fraction of sp³-hybridized carbons (Fsp3) is 0.200. The van der Waals surface area contributed by atoms with Crippen LogP contribution in [0.4, 0.5) is 13.2 Å². The van der Waals surface area contributed by atoms with Gasteiger partial charge in [-0.2, -0.15) is 13.2 Å². The lowest BCUT2D eigenvalue weighted by Gasteiger charge is -2.21. The first kappa shape index (κ1) is 14.0. The second-order valence-electron chi connectivity index (χ2n) is 4.21. The van der Waals surface area contributed by atoms with Crippen LogP contribution in [-0.2, 0) is 0 Å². The Labute approximate surface area is 114 Å². The van der Waals surface area contributed by atoms with E-state index in [1.54, 1.807) is 61.5 Å². The molecule has 2 aromatic carbocycles. The zero-order valence-corrected chi connectivity index (χ0v) is 11.1. The minimum Gasteiger partial charge on any atom is -0.169 e. The summed E-state index contributed by atoms with van der Waals surface area (Å²) < 4.78 is 39.8. The standard InChI is InChI=1S/C15H13F3S/c1-11-7-5-6-10-13(11)14(15(16,17)18)19-12-8-3-2-4-9-12/h2-10,14H,1H3. The van der Waals surface area contributed by atoms with Crippen LogP contribution < -0.4 is 0 Å². The molecule has 0 fully saturated rings. The Hall–Kier alpha value is -1.42. The molecule has 2 rings (SSSR count). The van der Waals surface area contributed by atoms with E-state index < -0.39 is 11.4 Å². The van der Waals surface area contributed by atoms with Crippen molar-refractivity contribution in [3.8, 4) is 0 Å². The molecule has 1 unspecified atom stereocenters. The van der Waals surface area contributed by atoms with E-state index in [0.717, 1.165) is 11.8 Å². The minimum absolute atomic E-state index is 0.323. The van der Waals surface area contributed by atoms with Crippen LogP contribution in [-0.4, -0.2) is 6.18 Å². The second-order valence-corrected chi connectivity index (χ2v) is 5.39. The number of alkyl halides is 3. The predicted octanol–water partition coefficient (Wildman–Crippen LogP) is 5.39. The lowest BCUT2D eigenvalue weighted by Crippen LogP contribution is -2.18. The summed E-state index contributed by atoms with van der Waals surface area (Å²) in [6.45, 7) is 1.71. The van der Waals surface area contributed by atoms with Crippen molar-refractivity contribution in [3.63, 3.8) is 0 Å². The van der Waals surface area contributed by atoms with E-state index in [0.29, 0.717) is 16.0 Å². The van der Waals surface area contributed by atoms with Gasteiger partial charge in [0.15, 0.2) is 0 Å². The molecule has 19 heavy (non-hydrogen) atoms. The largest absolute Gasteiger partial charge is 0.404 e. The van der Waals surface area contributed by atoms with Gasteiger partial charge in [0.25, 0.3) is 0 Å². The van der Waals surface area contributed by atoms with E-state index in [4.69, 9.17) is 0 Å². The van der Waals surface area contributed by atoms with E-state index in [1.807, 2.05) is 0 Å². The van der Waals surface area contributed by atoms with E-state index in [-0.39, 0.29) is 0 Å². The first-order valence-corrected chi connectivity index (χ1v) is 6.70. The summed E-state index contributed by atoms with van der Waals surface area (Å²) in [6, 6.07) is 15.3. The molecule has 0 aliphatic heterocycles. The Kier molecular flexibility index (Phi) is 4.20. The third-order valence-electron chi connectivity index (χ3n) is 2.77. The maximum absolute atomic E-state index is 13.3. The molecule has 1 atom stereocenters. The summed E-state index contributed by atoms with van der Waals surface area (Å²) in [5.41, 5.74) is 0.983. The first-order valence-electron chi connectivity index (χ1n) is 5.82. The Bertz CT molecular complexity index is 535. The highest BCUT2D eigenvalue weighted by Gasteiger charge is 2.42. The molecule has 0 radical (unpaired) electrons. The average molecular weight is 282 g/mol. The summed E-state index contributed by atoms with van der Waals surface area (Å²) in [6.07, 6.45) is -4.27. The van der Waals surface area contributed by atoms with Gasteiger partial charge in [0.2, 0.25) is 0 Å². The topological polar surface area (TPSA) is 0 Å². The number of thioether (sulfide) groups is 1. The van der Waals surface area contributed by atoms with Gasteiger partial charge >= 0.3 is 6.18 Å². The van der Waals surface area contributed by atoms with E-state index >= 15 is 0 Å². The molecule has 0 aliphatic rings. The smallest absolute Gasteiger partial charge is 0.169 e. The third kappa shape index (κ3) is 3.53. The van der Waals surface area contributed by atoms with Crippen molar-refractivity contribution in [2.45, 2.75) is 23.2 Å². The van der Waals surface area contributed by atoms with E-state index in [1.165, 1.54) is 0 Å². The molecule has 0 bridgehead atoms. The first-order chi connectivity index (χ1) is 8.98. The Balaban J connectivity index is 2.36. The normalized spacial score (nSPS) is 13.3. The average Bonchev–Trinajstić information content (AvgIpc) is 2.37. The molecule has 0 saturated heterocycles. The third-order valence-corrected chi connectivity index (χ3v) is 4.07. The van der Waals surface area contributed by atoms with Crippen molar-refractivity contribution in [2.75, 3.05) is 0 Å². The van der Waals surface area contributed by atoms with Crippen LogP contribution in [0.1, 0.15) is 16.4 Å². The fourth-order valence-electron chi connectivity index (χ4n) is 1.82. The molecule has 0 heterocycles. The maximum Gasteiger partial charge on any atom is 0.404 e. The van der Waals surface area contributed by atoms with Crippen LogP contribution in [0.25, 0.3) is 0 Å². The summed E-state index contributed by atoms with van der Waals surface area (Å²) >= 11 is 0.838. The highest BCUT2D eigenvalue weighted by atomic mass is 32.2. The maximum atomic E-state index is 13.3. The summed E-state index contributed by atoms with van der Waals surface area (Å²) in [7, 11) is 0. The molecular formula is C15H13F3S. The number of aryl methyl sites for hydroxylation is 1. The van der Waals surface area contributed by atoms with Gasteiger partial charge in [0.05, 0.1) is 0 Å². The SMILES string of the molecule is Cc1ccccc1C(Sc1ccccc1)C(F)(F)F. The van der Waals surface area contributed by atoms with Gasteiger partial charge < -0.3 is 0 Å². The van der Waals surface area contributed by atoms with Crippen LogP contribution in [0.5, 0.6) is 0 Å². The molecule has 0 amide bonds. The lowest BCUT2D eigenvalue weighted by atomic mass is 10.1. The van der Waals surface area contributed by atoms with Crippen LogP contribution in [0.15, 0.2) is 59.5 Å². The molecular weight excluding hydrogens is 269 g/mol. The zero-order chi connectivity index (χ0) is 13.9.